The summed E-state index contributed by atoms with van der Waals surface area (Å²) in [6.07, 6.45) is 8.56. The Balaban J connectivity index is 2.33. The third-order valence-electron chi connectivity index (χ3n) is 3.14. The fourth-order valence-corrected chi connectivity index (χ4v) is 2.26. The van der Waals surface area contributed by atoms with Crippen molar-refractivity contribution in [2.75, 3.05) is 6.54 Å². The summed E-state index contributed by atoms with van der Waals surface area (Å²) in [5.74, 6) is 0. The van der Waals surface area contributed by atoms with Gasteiger partial charge in [0.25, 0.3) is 0 Å². The van der Waals surface area contributed by atoms with Gasteiger partial charge in [0.05, 0.1) is 0 Å². The minimum absolute atomic E-state index is 0.664. The van der Waals surface area contributed by atoms with Gasteiger partial charge in [-0.1, -0.05) is 0 Å². The van der Waals surface area contributed by atoms with Gasteiger partial charge in [-0.2, -0.15) is 0 Å². The summed E-state index contributed by atoms with van der Waals surface area (Å²) in [4.78, 5) is 2.47. The first-order chi connectivity index (χ1) is 5.79. The van der Waals surface area contributed by atoms with Gasteiger partial charge in [0.1, 0.15) is 0 Å². The van der Waals surface area contributed by atoms with E-state index in [1.165, 1.54) is 31.4 Å². The van der Waals surface area contributed by atoms with Crippen LogP contribution in [0, 0.1) is 0 Å². The van der Waals surface area contributed by atoms with E-state index < -0.39 is 0 Å². The Morgan fingerprint density at radius 1 is 1.42 bits per heavy atom. The molecule has 0 aromatic carbocycles. The summed E-state index contributed by atoms with van der Waals surface area (Å²) in [6.45, 7) is 5.81. The molecule has 2 heterocycles. The fourth-order valence-electron chi connectivity index (χ4n) is 2.26. The Morgan fingerprint density at radius 2 is 2.25 bits per heavy atom. The van der Waals surface area contributed by atoms with Crippen LogP contribution in [0.15, 0.2) is 23.4 Å². The molecule has 2 rings (SSSR count). The molecule has 0 N–H and O–H groups in total. The molecular formula is C11H17N. The molecule has 0 spiro atoms. The van der Waals surface area contributed by atoms with Gasteiger partial charge in [-0.05, 0) is 56.5 Å². The zero-order valence-electron chi connectivity index (χ0n) is 8.01. The minimum atomic E-state index is 0.664. The van der Waals surface area contributed by atoms with Gasteiger partial charge >= 0.3 is 0 Å². The molecule has 0 amide bonds. The molecule has 0 aliphatic carbocycles. The van der Waals surface area contributed by atoms with Crippen LogP contribution in [0.2, 0.25) is 0 Å². The highest BCUT2D eigenvalue weighted by molar-refractivity contribution is 5.31. The van der Waals surface area contributed by atoms with Crippen LogP contribution in [0.25, 0.3) is 0 Å². The van der Waals surface area contributed by atoms with Gasteiger partial charge in [-0.3, -0.25) is 0 Å². The molecule has 1 atom stereocenters. The monoisotopic (exact) mass is 163 g/mol. The third-order valence-corrected chi connectivity index (χ3v) is 3.14. The fraction of sp³-hybridized carbons (Fsp3) is 0.636. The second-order valence-corrected chi connectivity index (χ2v) is 3.89. The van der Waals surface area contributed by atoms with Crippen molar-refractivity contribution in [3.63, 3.8) is 0 Å². The predicted molar refractivity (Wildman–Crippen MR) is 51.9 cm³/mol. The maximum atomic E-state index is 2.47. The Hall–Kier alpha value is -0.720. The van der Waals surface area contributed by atoms with Crippen LogP contribution in [0.1, 0.15) is 33.1 Å². The predicted octanol–water partition coefficient (Wildman–Crippen LogP) is 2.70. The normalized spacial score (nSPS) is 29.2. The molecule has 66 valence electrons. The van der Waals surface area contributed by atoms with E-state index in [2.05, 4.69) is 31.0 Å². The highest BCUT2D eigenvalue weighted by Crippen LogP contribution is 2.28. The van der Waals surface area contributed by atoms with Crippen molar-refractivity contribution in [1.82, 2.24) is 4.90 Å². The van der Waals surface area contributed by atoms with Crippen molar-refractivity contribution < 1.29 is 0 Å². The second-order valence-electron chi connectivity index (χ2n) is 3.89. The molecule has 1 fully saturated rings. The van der Waals surface area contributed by atoms with E-state index in [9.17, 15) is 0 Å². The van der Waals surface area contributed by atoms with Crippen LogP contribution in [0.3, 0.4) is 0 Å². The van der Waals surface area contributed by atoms with E-state index in [-0.39, 0.29) is 0 Å². The maximum Gasteiger partial charge on any atom is 0.0474 e. The van der Waals surface area contributed by atoms with E-state index >= 15 is 0 Å². The lowest BCUT2D eigenvalue weighted by Gasteiger charge is -2.31. The Bertz CT molecular complexity index is 237. The smallest absolute Gasteiger partial charge is 0.0474 e. The first-order valence-corrected chi connectivity index (χ1v) is 4.92. The van der Waals surface area contributed by atoms with Gasteiger partial charge in [0.2, 0.25) is 0 Å². The first kappa shape index (κ1) is 7.90. The van der Waals surface area contributed by atoms with E-state index in [4.69, 9.17) is 0 Å². The highest BCUT2D eigenvalue weighted by atomic mass is 15.1. The van der Waals surface area contributed by atoms with Gasteiger partial charge in [0.15, 0.2) is 0 Å². The second kappa shape index (κ2) is 2.96. The number of hydrogen-bond donors (Lipinski definition) is 0. The Kier molecular flexibility index (Phi) is 1.95. The molecule has 1 saturated heterocycles. The molecule has 2 aliphatic heterocycles. The van der Waals surface area contributed by atoms with Crippen LogP contribution >= 0.6 is 0 Å². The largest absolute Gasteiger partial charge is 0.371 e. The number of fused-ring (bicyclic) bond motifs is 2. The zero-order chi connectivity index (χ0) is 8.55. The Labute approximate surface area is 74.8 Å². The van der Waals surface area contributed by atoms with Crippen LogP contribution < -0.4 is 0 Å². The maximum absolute atomic E-state index is 2.47. The minimum Gasteiger partial charge on any atom is -0.371 e. The van der Waals surface area contributed by atoms with E-state index in [0.29, 0.717) is 6.04 Å². The number of allylic oxidation sites excluding steroid dienone is 2. The average Bonchev–Trinajstić information content (AvgIpc) is 2.16. The topological polar surface area (TPSA) is 3.24 Å². The van der Waals surface area contributed by atoms with Gasteiger partial charge in [-0.15, -0.1) is 0 Å². The molecule has 2 bridgehead atoms. The van der Waals surface area contributed by atoms with E-state index in [1.807, 2.05) is 0 Å². The van der Waals surface area contributed by atoms with Crippen molar-refractivity contribution in [2.24, 2.45) is 0 Å². The third kappa shape index (κ3) is 1.17. The summed E-state index contributed by atoms with van der Waals surface area (Å²) < 4.78 is 0. The molecule has 0 aromatic heterocycles. The van der Waals surface area contributed by atoms with Crippen LogP contribution in [0.5, 0.6) is 0 Å². The highest BCUT2D eigenvalue weighted by Gasteiger charge is 2.21. The van der Waals surface area contributed by atoms with Crippen LogP contribution in [-0.2, 0) is 0 Å². The molecule has 1 unspecified atom stereocenters. The van der Waals surface area contributed by atoms with E-state index in [0.717, 1.165) is 0 Å². The summed E-state index contributed by atoms with van der Waals surface area (Å²) in [5, 5.41) is 0. The molecule has 1 heteroatoms. The van der Waals surface area contributed by atoms with Crippen molar-refractivity contribution in [1.29, 1.82) is 0 Å². The van der Waals surface area contributed by atoms with Gasteiger partial charge in [-0.25, -0.2) is 0 Å². The van der Waals surface area contributed by atoms with Crippen molar-refractivity contribution in [3.8, 4) is 0 Å². The van der Waals surface area contributed by atoms with Gasteiger partial charge < -0.3 is 4.90 Å². The molecule has 0 saturated carbocycles. The average molecular weight is 163 g/mol. The van der Waals surface area contributed by atoms with Crippen molar-refractivity contribution in [3.05, 3.63) is 23.4 Å². The summed E-state index contributed by atoms with van der Waals surface area (Å²) in [6, 6.07) is 0.664. The molecule has 0 radical (unpaired) electrons. The van der Waals surface area contributed by atoms with Gasteiger partial charge in [0, 0.05) is 12.6 Å². The van der Waals surface area contributed by atoms with Crippen LogP contribution in [-0.4, -0.2) is 17.5 Å². The standard InChI is InChI=1S/C11H17N/c1-9-6-8-12-7-4-3-5-11(9)10(12)2/h6,8,10H,3-5,7H2,1-2H3. The lowest BCUT2D eigenvalue weighted by atomic mass is 9.96. The molecule has 12 heavy (non-hydrogen) atoms. The summed E-state index contributed by atoms with van der Waals surface area (Å²) in [5.41, 5.74) is 3.16. The number of nitrogens with zero attached hydrogens (tertiary/aromatic N) is 1. The quantitative estimate of drug-likeness (QED) is 0.530. The molecule has 0 aromatic rings. The van der Waals surface area contributed by atoms with E-state index in [1.54, 1.807) is 5.57 Å². The first-order valence-electron chi connectivity index (χ1n) is 4.92. The molecular weight excluding hydrogens is 146 g/mol. The van der Waals surface area contributed by atoms with Crippen LogP contribution in [0.4, 0.5) is 0 Å². The molecule has 1 nitrogen and oxygen atoms in total. The number of hydrogen-bond acceptors (Lipinski definition) is 1. The lowest BCUT2D eigenvalue weighted by Crippen LogP contribution is -2.31. The van der Waals surface area contributed by atoms with Crippen molar-refractivity contribution >= 4 is 0 Å². The number of rotatable bonds is 0. The summed E-state index contributed by atoms with van der Waals surface area (Å²) >= 11 is 0. The zero-order valence-corrected chi connectivity index (χ0v) is 8.01. The molecule has 2 aliphatic rings. The Morgan fingerprint density at radius 3 is 3.08 bits per heavy atom. The lowest BCUT2D eigenvalue weighted by molar-refractivity contribution is 0.329. The van der Waals surface area contributed by atoms with Crippen molar-refractivity contribution in [2.45, 2.75) is 39.2 Å². The SMILES string of the molecule is CC1=C2CCCCN(C=C1)C2C. The summed E-state index contributed by atoms with van der Waals surface area (Å²) in [7, 11) is 0.